The van der Waals surface area contributed by atoms with Gasteiger partial charge in [0.25, 0.3) is 12.0 Å². The lowest BCUT2D eigenvalue weighted by molar-refractivity contribution is -0.293. The lowest BCUT2D eigenvalue weighted by atomic mass is 9.92. The molecule has 2 aliphatic carbocycles. The van der Waals surface area contributed by atoms with Gasteiger partial charge in [0.05, 0.1) is 23.7 Å². The van der Waals surface area contributed by atoms with E-state index in [1.54, 1.807) is 0 Å². The number of H-pyrrole nitrogens is 1. The second-order valence-electron chi connectivity index (χ2n) is 8.95. The Balaban J connectivity index is 1.85. The predicted molar refractivity (Wildman–Crippen MR) is 106 cm³/mol. The second-order valence-corrected chi connectivity index (χ2v) is 8.95. The molecule has 1 aliphatic heterocycles. The SMILES string of the molecule is COC1=c2c(c(=O)[nH]c(=O)n2C2CC2)=C(C(F)F)C(F)C1N1CCC(C(N)C(F)(F)C(F)(F)F)C1. The molecule has 1 saturated carbocycles. The van der Waals surface area contributed by atoms with Gasteiger partial charge in [0.2, 0.25) is 0 Å². The highest BCUT2D eigenvalue weighted by Crippen LogP contribution is 2.42. The van der Waals surface area contributed by atoms with Crippen LogP contribution in [0, 0.1) is 5.92 Å². The Kier molecular flexibility index (Phi) is 6.31. The number of aromatic nitrogens is 2. The number of nitrogens with two attached hydrogens (primary N) is 1. The summed E-state index contributed by atoms with van der Waals surface area (Å²) >= 11 is 0. The van der Waals surface area contributed by atoms with Crippen LogP contribution in [0.4, 0.5) is 35.1 Å². The van der Waals surface area contributed by atoms with E-state index in [0.29, 0.717) is 12.8 Å². The Hall–Kier alpha value is -2.42. The van der Waals surface area contributed by atoms with E-state index in [2.05, 4.69) is 0 Å². The summed E-state index contributed by atoms with van der Waals surface area (Å²) in [7, 11) is 1.06. The quantitative estimate of drug-likeness (QED) is 0.539. The van der Waals surface area contributed by atoms with Crippen LogP contribution in [0.1, 0.15) is 25.3 Å². The molecule has 0 bridgehead atoms. The largest absolute Gasteiger partial charge is 0.497 e. The molecule has 0 amide bonds. The first-order valence-corrected chi connectivity index (χ1v) is 10.8. The average molecular weight is 518 g/mol. The molecule has 196 valence electrons. The summed E-state index contributed by atoms with van der Waals surface area (Å²) < 4.78 is 116. The molecular weight excluding hydrogens is 496 g/mol. The van der Waals surface area contributed by atoms with Crippen molar-refractivity contribution >= 4 is 11.3 Å². The molecule has 0 aromatic carbocycles. The van der Waals surface area contributed by atoms with E-state index in [1.165, 1.54) is 0 Å². The van der Waals surface area contributed by atoms with Crippen molar-refractivity contribution in [1.82, 2.24) is 14.5 Å². The number of ether oxygens (including phenoxy) is 1. The first kappa shape index (κ1) is 25.7. The minimum Gasteiger partial charge on any atom is -0.497 e. The molecule has 2 heterocycles. The van der Waals surface area contributed by atoms with Crippen molar-refractivity contribution in [3.8, 4) is 0 Å². The standard InChI is InChI=1S/C20H22F8N4O3/c1-35-14-12-10(17(33)30-18(34)32(12)8-2-3-8)9(16(22)23)11(21)13(14)31-5-4-7(6-31)15(29)19(24,25)20(26,27)28/h7-8,11,13,15-16H,2-6,29H2,1H3,(H,30,33,34). The number of nitrogens with one attached hydrogen (secondary N) is 1. The van der Waals surface area contributed by atoms with Crippen LogP contribution in [0.25, 0.3) is 11.3 Å². The topological polar surface area (TPSA) is 93.3 Å². The lowest BCUT2D eigenvalue weighted by Gasteiger charge is -2.36. The van der Waals surface area contributed by atoms with E-state index in [9.17, 15) is 40.3 Å². The van der Waals surface area contributed by atoms with Gasteiger partial charge in [-0.3, -0.25) is 19.2 Å². The highest BCUT2D eigenvalue weighted by molar-refractivity contribution is 5.63. The van der Waals surface area contributed by atoms with Crippen LogP contribution in [-0.4, -0.2) is 71.4 Å². The molecule has 35 heavy (non-hydrogen) atoms. The van der Waals surface area contributed by atoms with Crippen molar-refractivity contribution in [2.24, 2.45) is 11.7 Å². The maximum Gasteiger partial charge on any atom is 0.454 e. The molecule has 1 aromatic rings. The summed E-state index contributed by atoms with van der Waals surface area (Å²) in [5.74, 6) is -7.03. The molecule has 4 atom stereocenters. The third kappa shape index (κ3) is 4.05. The Morgan fingerprint density at radius 2 is 1.74 bits per heavy atom. The van der Waals surface area contributed by atoms with Gasteiger partial charge in [0.15, 0.2) is 6.17 Å². The third-order valence-electron chi connectivity index (χ3n) is 6.83. The molecule has 1 saturated heterocycles. The number of rotatable bonds is 6. The summed E-state index contributed by atoms with van der Waals surface area (Å²) in [4.78, 5) is 28.0. The maximum atomic E-state index is 15.7. The monoisotopic (exact) mass is 518 g/mol. The number of halogens is 8. The van der Waals surface area contributed by atoms with Crippen molar-refractivity contribution in [2.45, 2.75) is 62.1 Å². The fourth-order valence-electron chi connectivity index (χ4n) is 4.97. The minimum absolute atomic E-state index is 0.257. The van der Waals surface area contributed by atoms with Gasteiger partial charge < -0.3 is 10.5 Å². The molecule has 4 rings (SSSR count). The van der Waals surface area contributed by atoms with Gasteiger partial charge in [-0.2, -0.15) is 22.0 Å². The molecule has 3 aliphatic rings. The molecular formula is C20H22F8N4O3. The van der Waals surface area contributed by atoms with E-state index in [1.807, 2.05) is 4.98 Å². The highest BCUT2D eigenvalue weighted by atomic mass is 19.4. The summed E-state index contributed by atoms with van der Waals surface area (Å²) in [6.45, 7) is -0.833. The van der Waals surface area contributed by atoms with Crippen molar-refractivity contribution in [1.29, 1.82) is 0 Å². The third-order valence-corrected chi connectivity index (χ3v) is 6.83. The van der Waals surface area contributed by atoms with Gasteiger partial charge in [-0.25, -0.2) is 18.0 Å². The van der Waals surface area contributed by atoms with Crippen molar-refractivity contribution < 1.29 is 39.9 Å². The summed E-state index contributed by atoms with van der Waals surface area (Å²) in [5.41, 5.74) is 1.89. The van der Waals surface area contributed by atoms with Crippen LogP contribution in [0.2, 0.25) is 0 Å². The number of hydrogen-bond donors (Lipinski definition) is 2. The van der Waals surface area contributed by atoms with E-state index in [-0.39, 0.29) is 24.1 Å². The summed E-state index contributed by atoms with van der Waals surface area (Å²) in [6, 6.07) is -4.81. The Labute approximate surface area is 191 Å². The first-order valence-electron chi connectivity index (χ1n) is 10.8. The highest BCUT2D eigenvalue weighted by Gasteiger charge is 2.63. The molecule has 1 aromatic heterocycles. The molecule has 3 N–H and O–H groups in total. The van der Waals surface area contributed by atoms with E-state index in [0.717, 1.165) is 16.6 Å². The van der Waals surface area contributed by atoms with Crippen LogP contribution >= 0.6 is 0 Å². The van der Waals surface area contributed by atoms with Gasteiger partial charge in [-0.15, -0.1) is 0 Å². The number of methoxy groups -OCH3 is 1. The van der Waals surface area contributed by atoms with E-state index in [4.69, 9.17) is 10.5 Å². The number of nitrogens with zero attached hydrogens (tertiary/aromatic N) is 2. The molecule has 0 radical (unpaired) electrons. The second kappa shape index (κ2) is 8.61. The number of hydrogen-bond acceptors (Lipinski definition) is 5. The first-order chi connectivity index (χ1) is 16.2. The lowest BCUT2D eigenvalue weighted by Crippen LogP contribution is -2.63. The smallest absolute Gasteiger partial charge is 0.454 e. The van der Waals surface area contributed by atoms with Gasteiger partial charge in [0.1, 0.15) is 11.8 Å². The Bertz CT molecular complexity index is 1240. The van der Waals surface area contributed by atoms with Crippen molar-refractivity contribution in [2.75, 3.05) is 20.2 Å². The molecule has 0 spiro atoms. The van der Waals surface area contributed by atoms with Crippen LogP contribution in [-0.2, 0) is 4.74 Å². The maximum absolute atomic E-state index is 15.7. The fraction of sp³-hybridized carbons (Fsp3) is 0.700. The number of alkyl halides is 8. The fourth-order valence-corrected chi connectivity index (χ4v) is 4.97. The van der Waals surface area contributed by atoms with Crippen molar-refractivity contribution in [3.05, 3.63) is 31.4 Å². The average Bonchev–Trinajstić information content (AvgIpc) is 3.47. The Morgan fingerprint density at radius 1 is 1.11 bits per heavy atom. The normalized spacial score (nSPS) is 26.9. The zero-order valence-corrected chi connectivity index (χ0v) is 18.2. The van der Waals surface area contributed by atoms with E-state index >= 15 is 4.39 Å². The van der Waals surface area contributed by atoms with Crippen LogP contribution in [0.5, 0.6) is 0 Å². The van der Waals surface area contributed by atoms with Gasteiger partial charge in [-0.1, -0.05) is 0 Å². The van der Waals surface area contributed by atoms with E-state index < -0.39 is 77.3 Å². The van der Waals surface area contributed by atoms with Crippen molar-refractivity contribution in [3.63, 3.8) is 0 Å². The number of aromatic amines is 1. The summed E-state index contributed by atoms with van der Waals surface area (Å²) in [6.07, 6.45) is -11.3. The van der Waals surface area contributed by atoms with Crippen LogP contribution in [0.3, 0.4) is 0 Å². The minimum atomic E-state index is -5.91. The van der Waals surface area contributed by atoms with Gasteiger partial charge in [-0.05, 0) is 31.7 Å². The number of likely N-dealkylation sites (tertiary alicyclic amines) is 1. The predicted octanol–water partition coefficient (Wildman–Crippen LogP) is 0.609. The van der Waals surface area contributed by atoms with Crippen LogP contribution < -0.4 is 27.6 Å². The van der Waals surface area contributed by atoms with Gasteiger partial charge >= 0.3 is 17.8 Å². The van der Waals surface area contributed by atoms with Crippen LogP contribution in [0.15, 0.2) is 9.59 Å². The zero-order chi connectivity index (χ0) is 26.0. The molecule has 7 nitrogen and oxygen atoms in total. The Morgan fingerprint density at radius 3 is 2.26 bits per heavy atom. The molecule has 4 unspecified atom stereocenters. The summed E-state index contributed by atoms with van der Waals surface area (Å²) in [5, 5.41) is -1.09. The van der Waals surface area contributed by atoms with Gasteiger partial charge in [0, 0.05) is 18.2 Å². The molecule has 2 fully saturated rings. The molecule has 15 heteroatoms. The number of fused-ring (bicyclic) bond motifs is 1. The zero-order valence-electron chi connectivity index (χ0n) is 18.2.